The number of hydrogen-bond donors (Lipinski definition) is 1. The number of pyridine rings is 1. The SMILES string of the molecule is Cc1nn2cccnc2c1C(=O)NCCS(=O)(=O)N1CCN(c2ccccn2)CC1. The van der Waals surface area contributed by atoms with Gasteiger partial charge in [0.15, 0.2) is 5.65 Å². The molecule has 4 heterocycles. The Bertz CT molecular complexity index is 1140. The smallest absolute Gasteiger partial charge is 0.257 e. The molecule has 11 heteroatoms. The largest absolute Gasteiger partial charge is 0.354 e. The lowest BCUT2D eigenvalue weighted by atomic mass is 10.2. The Hall–Kier alpha value is -3.05. The number of nitrogens with zero attached hydrogens (tertiary/aromatic N) is 6. The van der Waals surface area contributed by atoms with E-state index in [4.69, 9.17) is 0 Å². The van der Waals surface area contributed by atoms with Crippen LogP contribution < -0.4 is 10.2 Å². The number of sulfonamides is 1. The Labute approximate surface area is 174 Å². The molecule has 0 aromatic carbocycles. The molecule has 1 saturated heterocycles. The van der Waals surface area contributed by atoms with Gasteiger partial charge in [0.1, 0.15) is 11.4 Å². The summed E-state index contributed by atoms with van der Waals surface area (Å²) in [7, 11) is -3.47. The lowest BCUT2D eigenvalue weighted by Gasteiger charge is -2.34. The molecule has 10 nitrogen and oxygen atoms in total. The molecule has 0 spiro atoms. The summed E-state index contributed by atoms with van der Waals surface area (Å²) in [6, 6.07) is 7.40. The lowest BCUT2D eigenvalue weighted by Crippen LogP contribution is -2.50. The standard InChI is InChI=1S/C19H23N7O3S/c1-15-17(18-21-7-4-9-26(18)23-15)19(27)22-8-14-30(28,29)25-12-10-24(11-13-25)16-5-2-3-6-20-16/h2-7,9H,8,10-14H2,1H3,(H,22,27). The zero-order valence-electron chi connectivity index (χ0n) is 16.6. The van der Waals surface area contributed by atoms with E-state index in [9.17, 15) is 13.2 Å². The van der Waals surface area contributed by atoms with Crippen LogP contribution in [0.4, 0.5) is 5.82 Å². The average Bonchev–Trinajstić information content (AvgIpc) is 3.10. The Morgan fingerprint density at radius 1 is 1.10 bits per heavy atom. The van der Waals surface area contributed by atoms with Crippen molar-refractivity contribution in [1.29, 1.82) is 0 Å². The highest BCUT2D eigenvalue weighted by atomic mass is 32.2. The molecule has 3 aromatic heterocycles. The summed E-state index contributed by atoms with van der Waals surface area (Å²) in [5, 5.41) is 6.94. The van der Waals surface area contributed by atoms with Gasteiger partial charge in [-0.25, -0.2) is 22.9 Å². The Balaban J connectivity index is 1.32. The maximum absolute atomic E-state index is 12.7. The van der Waals surface area contributed by atoms with Crippen LogP contribution in [0.25, 0.3) is 5.65 Å². The van der Waals surface area contributed by atoms with E-state index in [2.05, 4.69) is 25.3 Å². The first kappa shape index (κ1) is 20.2. The Kier molecular flexibility index (Phi) is 5.64. The molecule has 1 N–H and O–H groups in total. The number of piperazine rings is 1. The molecule has 1 aliphatic heterocycles. The number of carbonyl (C=O) groups excluding carboxylic acids is 1. The molecule has 0 radical (unpaired) electrons. The summed E-state index contributed by atoms with van der Waals surface area (Å²) in [4.78, 5) is 23.1. The van der Waals surface area contributed by atoms with Gasteiger partial charge in [-0.1, -0.05) is 6.07 Å². The fourth-order valence-electron chi connectivity index (χ4n) is 3.51. The molecule has 4 rings (SSSR count). The van der Waals surface area contributed by atoms with Crippen molar-refractivity contribution >= 4 is 27.4 Å². The van der Waals surface area contributed by atoms with E-state index in [1.807, 2.05) is 18.2 Å². The monoisotopic (exact) mass is 429 g/mol. The van der Waals surface area contributed by atoms with Gasteiger partial charge in [0, 0.05) is 51.3 Å². The van der Waals surface area contributed by atoms with Crippen LogP contribution in [0.5, 0.6) is 0 Å². The van der Waals surface area contributed by atoms with E-state index in [0.29, 0.717) is 43.1 Å². The molecule has 1 aliphatic rings. The second kappa shape index (κ2) is 8.36. The van der Waals surface area contributed by atoms with Crippen LogP contribution in [0, 0.1) is 6.92 Å². The van der Waals surface area contributed by atoms with Crippen molar-refractivity contribution in [1.82, 2.24) is 29.2 Å². The third kappa shape index (κ3) is 4.12. The highest BCUT2D eigenvalue weighted by Gasteiger charge is 2.27. The van der Waals surface area contributed by atoms with Gasteiger partial charge in [0.2, 0.25) is 10.0 Å². The van der Waals surface area contributed by atoms with Crippen molar-refractivity contribution in [2.75, 3.05) is 43.4 Å². The average molecular weight is 430 g/mol. The molecule has 158 valence electrons. The molecule has 0 saturated carbocycles. The maximum atomic E-state index is 12.7. The Morgan fingerprint density at radius 2 is 1.87 bits per heavy atom. The van der Waals surface area contributed by atoms with Crippen LogP contribution in [-0.4, -0.2) is 76.7 Å². The van der Waals surface area contributed by atoms with Crippen molar-refractivity contribution in [2.24, 2.45) is 0 Å². The number of carbonyl (C=O) groups is 1. The van der Waals surface area contributed by atoms with E-state index < -0.39 is 10.0 Å². The number of amides is 1. The number of rotatable bonds is 6. The maximum Gasteiger partial charge on any atom is 0.257 e. The highest BCUT2D eigenvalue weighted by molar-refractivity contribution is 7.89. The number of anilines is 1. The molecule has 1 amide bonds. The molecule has 3 aromatic rings. The summed E-state index contributed by atoms with van der Waals surface area (Å²) in [5.41, 5.74) is 1.35. The molecule has 1 fully saturated rings. The van der Waals surface area contributed by atoms with Gasteiger partial charge in [0.25, 0.3) is 5.91 Å². The van der Waals surface area contributed by atoms with E-state index in [0.717, 1.165) is 5.82 Å². The third-order valence-corrected chi connectivity index (χ3v) is 6.92. The van der Waals surface area contributed by atoms with Gasteiger partial charge in [-0.2, -0.15) is 9.40 Å². The fraction of sp³-hybridized carbons (Fsp3) is 0.368. The van der Waals surface area contributed by atoms with Gasteiger partial charge in [-0.05, 0) is 25.1 Å². The fourth-order valence-corrected chi connectivity index (χ4v) is 4.85. The van der Waals surface area contributed by atoms with Crippen LogP contribution in [0.3, 0.4) is 0 Å². The number of fused-ring (bicyclic) bond motifs is 1. The number of aromatic nitrogens is 4. The van der Waals surface area contributed by atoms with E-state index in [-0.39, 0.29) is 18.2 Å². The summed E-state index contributed by atoms with van der Waals surface area (Å²) < 4.78 is 28.4. The van der Waals surface area contributed by atoms with Crippen molar-refractivity contribution in [2.45, 2.75) is 6.92 Å². The summed E-state index contributed by atoms with van der Waals surface area (Å²) in [6.07, 6.45) is 5.02. The molecular weight excluding hydrogens is 406 g/mol. The summed E-state index contributed by atoms with van der Waals surface area (Å²) >= 11 is 0. The van der Waals surface area contributed by atoms with E-state index in [1.54, 1.807) is 31.6 Å². The lowest BCUT2D eigenvalue weighted by molar-refractivity contribution is 0.0957. The minimum atomic E-state index is -3.47. The predicted molar refractivity (Wildman–Crippen MR) is 112 cm³/mol. The Morgan fingerprint density at radius 3 is 2.60 bits per heavy atom. The van der Waals surface area contributed by atoms with Crippen LogP contribution in [0.1, 0.15) is 16.1 Å². The molecule has 0 unspecified atom stereocenters. The second-order valence-electron chi connectivity index (χ2n) is 6.99. The second-order valence-corrected chi connectivity index (χ2v) is 9.08. The summed E-state index contributed by atoms with van der Waals surface area (Å²) in [6.45, 7) is 3.69. The number of nitrogens with one attached hydrogen (secondary N) is 1. The minimum Gasteiger partial charge on any atom is -0.354 e. The van der Waals surface area contributed by atoms with E-state index in [1.165, 1.54) is 8.82 Å². The van der Waals surface area contributed by atoms with Crippen LogP contribution in [0.2, 0.25) is 0 Å². The van der Waals surface area contributed by atoms with Gasteiger partial charge < -0.3 is 10.2 Å². The molecule has 0 aliphatic carbocycles. The van der Waals surface area contributed by atoms with Gasteiger partial charge >= 0.3 is 0 Å². The highest BCUT2D eigenvalue weighted by Crippen LogP contribution is 2.15. The third-order valence-electron chi connectivity index (χ3n) is 5.05. The zero-order chi connectivity index (χ0) is 21.1. The number of aryl methyl sites for hydroxylation is 1. The van der Waals surface area contributed by atoms with Gasteiger partial charge in [-0.15, -0.1) is 0 Å². The van der Waals surface area contributed by atoms with Crippen LogP contribution in [-0.2, 0) is 10.0 Å². The van der Waals surface area contributed by atoms with E-state index >= 15 is 0 Å². The number of hydrogen-bond acceptors (Lipinski definition) is 7. The topological polar surface area (TPSA) is 113 Å². The summed E-state index contributed by atoms with van der Waals surface area (Å²) in [5.74, 6) is 0.309. The van der Waals surface area contributed by atoms with Crippen LogP contribution in [0.15, 0.2) is 42.9 Å². The van der Waals surface area contributed by atoms with Crippen molar-refractivity contribution in [3.8, 4) is 0 Å². The predicted octanol–water partition coefficient (Wildman–Crippen LogP) is 0.315. The molecular formula is C19H23N7O3S. The van der Waals surface area contributed by atoms with Crippen molar-refractivity contribution in [3.05, 3.63) is 54.1 Å². The van der Waals surface area contributed by atoms with Crippen molar-refractivity contribution < 1.29 is 13.2 Å². The quantitative estimate of drug-likeness (QED) is 0.600. The first-order valence-corrected chi connectivity index (χ1v) is 11.3. The first-order valence-electron chi connectivity index (χ1n) is 9.68. The van der Waals surface area contributed by atoms with Gasteiger partial charge in [-0.3, -0.25) is 4.79 Å². The normalized spacial score (nSPS) is 15.4. The molecule has 0 bridgehead atoms. The minimum absolute atomic E-state index is 0.0191. The molecule has 0 atom stereocenters. The van der Waals surface area contributed by atoms with Crippen LogP contribution >= 0.6 is 0 Å². The van der Waals surface area contributed by atoms with Crippen molar-refractivity contribution in [3.63, 3.8) is 0 Å². The van der Waals surface area contributed by atoms with Gasteiger partial charge in [0.05, 0.1) is 11.4 Å². The molecule has 30 heavy (non-hydrogen) atoms. The zero-order valence-corrected chi connectivity index (χ0v) is 17.4. The first-order chi connectivity index (χ1) is 14.5.